The molecule has 124 valence electrons. The molecule has 1 aliphatic rings. The first-order chi connectivity index (χ1) is 12.2. The van der Waals surface area contributed by atoms with Crippen LogP contribution in [-0.2, 0) is 0 Å². The predicted octanol–water partition coefficient (Wildman–Crippen LogP) is 5.07. The summed E-state index contributed by atoms with van der Waals surface area (Å²) in [5.74, 6) is 1.68. The summed E-state index contributed by atoms with van der Waals surface area (Å²) in [4.78, 5) is 0. The Hall–Kier alpha value is -3.24. The Morgan fingerprint density at radius 2 is 1.76 bits per heavy atom. The third-order valence-corrected chi connectivity index (χ3v) is 4.63. The Bertz CT molecular complexity index is 870. The SMILES string of the molecule is Cc1cc(C2=CCC(c3ccc(OC#N)cc3)CC2)ccc1OC#N. The predicted molar refractivity (Wildman–Crippen MR) is 94.7 cm³/mol. The highest BCUT2D eigenvalue weighted by Crippen LogP contribution is 2.37. The molecule has 0 amide bonds. The fourth-order valence-corrected chi connectivity index (χ4v) is 3.27. The summed E-state index contributed by atoms with van der Waals surface area (Å²) in [5.41, 5.74) is 4.77. The van der Waals surface area contributed by atoms with Gasteiger partial charge in [-0.3, -0.25) is 0 Å². The molecule has 1 unspecified atom stereocenters. The molecule has 0 spiro atoms. The lowest BCUT2D eigenvalue weighted by Crippen LogP contribution is -2.04. The second-order valence-electron chi connectivity index (χ2n) is 6.14. The quantitative estimate of drug-likeness (QED) is 0.734. The maximum atomic E-state index is 8.64. The van der Waals surface area contributed by atoms with Crippen molar-refractivity contribution in [2.75, 3.05) is 0 Å². The van der Waals surface area contributed by atoms with Crippen LogP contribution >= 0.6 is 0 Å². The fourth-order valence-electron chi connectivity index (χ4n) is 3.27. The Labute approximate surface area is 147 Å². The van der Waals surface area contributed by atoms with Gasteiger partial charge in [-0.25, -0.2) is 0 Å². The van der Waals surface area contributed by atoms with Crippen LogP contribution in [0.25, 0.3) is 5.57 Å². The van der Waals surface area contributed by atoms with Gasteiger partial charge < -0.3 is 9.47 Å². The summed E-state index contributed by atoms with van der Waals surface area (Å²) >= 11 is 0. The molecule has 0 radical (unpaired) electrons. The van der Waals surface area contributed by atoms with Crippen LogP contribution in [0.5, 0.6) is 11.5 Å². The zero-order valence-electron chi connectivity index (χ0n) is 14.0. The Morgan fingerprint density at radius 3 is 2.36 bits per heavy atom. The largest absolute Gasteiger partial charge is 0.388 e. The minimum Gasteiger partial charge on any atom is -0.388 e. The van der Waals surface area contributed by atoms with Gasteiger partial charge in [-0.15, -0.1) is 10.5 Å². The summed E-state index contributed by atoms with van der Waals surface area (Å²) in [6, 6.07) is 13.7. The van der Waals surface area contributed by atoms with Crippen LogP contribution in [-0.4, -0.2) is 0 Å². The van der Waals surface area contributed by atoms with Gasteiger partial charge in [0.25, 0.3) is 12.5 Å². The number of benzene rings is 2. The van der Waals surface area contributed by atoms with Crippen LogP contribution in [0, 0.1) is 30.0 Å². The lowest BCUT2D eigenvalue weighted by Gasteiger charge is -2.23. The molecule has 1 aliphatic carbocycles. The molecule has 25 heavy (non-hydrogen) atoms. The molecule has 2 aromatic carbocycles. The molecule has 3 rings (SSSR count). The third-order valence-electron chi connectivity index (χ3n) is 4.63. The summed E-state index contributed by atoms with van der Waals surface area (Å²) < 4.78 is 9.76. The molecule has 0 aliphatic heterocycles. The van der Waals surface area contributed by atoms with Gasteiger partial charge in [0.15, 0.2) is 0 Å². The maximum Gasteiger partial charge on any atom is 0.292 e. The van der Waals surface area contributed by atoms with E-state index in [1.54, 1.807) is 12.5 Å². The smallest absolute Gasteiger partial charge is 0.292 e. The van der Waals surface area contributed by atoms with Crippen LogP contribution < -0.4 is 9.47 Å². The summed E-state index contributed by atoms with van der Waals surface area (Å²) in [6.45, 7) is 1.95. The molecule has 0 bridgehead atoms. The van der Waals surface area contributed by atoms with E-state index in [0.29, 0.717) is 17.4 Å². The van der Waals surface area contributed by atoms with Crippen LogP contribution in [0.2, 0.25) is 0 Å². The van der Waals surface area contributed by atoms with E-state index in [0.717, 1.165) is 24.8 Å². The number of allylic oxidation sites excluding steroid dienone is 2. The number of nitriles is 2. The van der Waals surface area contributed by atoms with Crippen molar-refractivity contribution < 1.29 is 9.47 Å². The number of ether oxygens (including phenoxy) is 2. The molecule has 4 heteroatoms. The zero-order chi connectivity index (χ0) is 17.6. The zero-order valence-corrected chi connectivity index (χ0v) is 14.0. The maximum absolute atomic E-state index is 8.64. The van der Waals surface area contributed by atoms with Gasteiger partial charge in [0.1, 0.15) is 11.5 Å². The molecule has 1 atom stereocenters. The van der Waals surface area contributed by atoms with Crippen molar-refractivity contribution in [2.24, 2.45) is 0 Å². The molecule has 0 fully saturated rings. The molecular weight excluding hydrogens is 312 g/mol. The van der Waals surface area contributed by atoms with Crippen LogP contribution in [0.15, 0.2) is 48.5 Å². The number of aryl methyl sites for hydroxylation is 1. The van der Waals surface area contributed by atoms with Gasteiger partial charge >= 0.3 is 0 Å². The van der Waals surface area contributed by atoms with Crippen molar-refractivity contribution in [3.63, 3.8) is 0 Å². The van der Waals surface area contributed by atoms with E-state index in [4.69, 9.17) is 20.0 Å². The van der Waals surface area contributed by atoms with E-state index >= 15 is 0 Å². The van der Waals surface area contributed by atoms with E-state index < -0.39 is 0 Å². The van der Waals surface area contributed by atoms with E-state index in [-0.39, 0.29) is 0 Å². The monoisotopic (exact) mass is 330 g/mol. The normalized spacial score (nSPS) is 16.3. The Morgan fingerprint density at radius 1 is 1.00 bits per heavy atom. The van der Waals surface area contributed by atoms with E-state index in [1.165, 1.54) is 16.7 Å². The van der Waals surface area contributed by atoms with Crippen molar-refractivity contribution in [2.45, 2.75) is 32.1 Å². The van der Waals surface area contributed by atoms with Crippen LogP contribution in [0.4, 0.5) is 0 Å². The Kier molecular flexibility index (Phi) is 5.02. The standard InChI is InChI=1S/C21H18N2O2/c1-15-12-19(8-11-21(15)25-14-23)18-4-2-16(3-5-18)17-6-9-20(10-7-17)24-13-22/h4,6-12,16H,2-3,5H2,1H3. The lowest BCUT2D eigenvalue weighted by atomic mass is 9.82. The van der Waals surface area contributed by atoms with Gasteiger partial charge in [0.05, 0.1) is 0 Å². The van der Waals surface area contributed by atoms with Crippen molar-refractivity contribution in [3.05, 3.63) is 65.2 Å². The first kappa shape index (κ1) is 16.6. The fraction of sp³-hybridized carbons (Fsp3) is 0.238. The minimum atomic E-state index is 0.488. The third kappa shape index (κ3) is 3.82. The Balaban J connectivity index is 1.71. The number of rotatable bonds is 4. The van der Waals surface area contributed by atoms with Gasteiger partial charge in [-0.2, -0.15) is 0 Å². The molecule has 4 nitrogen and oxygen atoms in total. The van der Waals surface area contributed by atoms with E-state index in [1.807, 2.05) is 43.3 Å². The van der Waals surface area contributed by atoms with Crippen molar-refractivity contribution in [1.29, 1.82) is 10.5 Å². The average molecular weight is 330 g/mol. The highest BCUT2D eigenvalue weighted by atomic mass is 16.5. The van der Waals surface area contributed by atoms with E-state index in [9.17, 15) is 0 Å². The molecule has 0 saturated carbocycles. The lowest BCUT2D eigenvalue weighted by molar-refractivity contribution is 0.503. The van der Waals surface area contributed by atoms with Gasteiger partial charge in [0.2, 0.25) is 0 Å². The molecule has 0 aromatic heterocycles. The van der Waals surface area contributed by atoms with Crippen molar-refractivity contribution in [3.8, 4) is 24.0 Å². The summed E-state index contributed by atoms with van der Waals surface area (Å²) in [5, 5.41) is 17.2. The first-order valence-electron chi connectivity index (χ1n) is 8.23. The van der Waals surface area contributed by atoms with Crippen molar-refractivity contribution >= 4 is 5.57 Å². The topological polar surface area (TPSA) is 66.0 Å². The second kappa shape index (κ2) is 7.55. The molecule has 0 saturated heterocycles. The van der Waals surface area contributed by atoms with Gasteiger partial charge in [-0.1, -0.05) is 24.3 Å². The number of hydrogen-bond acceptors (Lipinski definition) is 4. The minimum absolute atomic E-state index is 0.488. The van der Waals surface area contributed by atoms with Gasteiger partial charge in [-0.05, 0) is 78.6 Å². The number of hydrogen-bond donors (Lipinski definition) is 0. The van der Waals surface area contributed by atoms with Gasteiger partial charge in [0, 0.05) is 0 Å². The molecule has 0 heterocycles. The first-order valence-corrected chi connectivity index (χ1v) is 8.23. The van der Waals surface area contributed by atoms with Crippen LogP contribution in [0.3, 0.4) is 0 Å². The summed E-state index contributed by atoms with van der Waals surface area (Å²) in [6.07, 6.45) is 8.79. The highest BCUT2D eigenvalue weighted by Gasteiger charge is 2.17. The summed E-state index contributed by atoms with van der Waals surface area (Å²) in [7, 11) is 0. The second-order valence-corrected chi connectivity index (χ2v) is 6.14. The average Bonchev–Trinajstić information content (AvgIpc) is 2.65. The number of nitrogens with zero attached hydrogens (tertiary/aromatic N) is 2. The van der Waals surface area contributed by atoms with E-state index in [2.05, 4.69) is 12.1 Å². The molecule has 2 aromatic rings. The van der Waals surface area contributed by atoms with Crippen molar-refractivity contribution in [1.82, 2.24) is 0 Å². The molecular formula is C21H18N2O2. The molecule has 0 N–H and O–H groups in total. The van der Waals surface area contributed by atoms with Crippen LogP contribution in [0.1, 0.15) is 41.9 Å². The highest BCUT2D eigenvalue weighted by molar-refractivity contribution is 5.68.